The van der Waals surface area contributed by atoms with Crippen LogP contribution in [0.15, 0.2) is 32.9 Å². The molecule has 31 heavy (non-hydrogen) atoms. The summed E-state index contributed by atoms with van der Waals surface area (Å²) in [5.41, 5.74) is 2.02. The summed E-state index contributed by atoms with van der Waals surface area (Å²) in [6, 6.07) is 5.86. The lowest BCUT2D eigenvalue weighted by Gasteiger charge is -2.22. The largest absolute Gasteiger partial charge is 0.505 e. The van der Waals surface area contributed by atoms with Crippen molar-refractivity contribution in [3.8, 4) is 5.75 Å². The standard InChI is InChI=1S/C22H31N5O2S2/c1-13(2)9-10-27-21(29)18(19(28)16(24-27)12-22(3,4)5)20-23-15-8-7-14(25-30-6)11-17(15)31-26-20/h7-8,11,13,25,28H,9-10,12H2,1-6H3,(H,23,26). The number of aromatic hydroxyl groups is 1. The molecule has 0 spiro atoms. The summed E-state index contributed by atoms with van der Waals surface area (Å²) in [6.07, 6.45) is 3.34. The summed E-state index contributed by atoms with van der Waals surface area (Å²) in [7, 11) is 0. The van der Waals surface area contributed by atoms with Crippen LogP contribution in [0.25, 0.3) is 0 Å². The molecule has 0 aliphatic carbocycles. The summed E-state index contributed by atoms with van der Waals surface area (Å²) in [4.78, 5) is 18.9. The molecule has 168 valence electrons. The van der Waals surface area contributed by atoms with E-state index in [9.17, 15) is 9.90 Å². The Morgan fingerprint density at radius 3 is 2.71 bits per heavy atom. The van der Waals surface area contributed by atoms with E-state index in [1.165, 1.54) is 28.6 Å². The number of benzene rings is 1. The molecule has 9 heteroatoms. The van der Waals surface area contributed by atoms with E-state index < -0.39 is 0 Å². The molecule has 0 radical (unpaired) electrons. The molecule has 0 bridgehead atoms. The van der Waals surface area contributed by atoms with Gasteiger partial charge in [-0.3, -0.25) is 4.79 Å². The highest BCUT2D eigenvalue weighted by atomic mass is 32.2. The van der Waals surface area contributed by atoms with Gasteiger partial charge in [-0.1, -0.05) is 46.6 Å². The van der Waals surface area contributed by atoms with Gasteiger partial charge in [0.1, 0.15) is 11.3 Å². The number of aromatic nitrogens is 2. The highest BCUT2D eigenvalue weighted by molar-refractivity contribution is 7.99. The first-order valence-electron chi connectivity index (χ1n) is 10.4. The minimum Gasteiger partial charge on any atom is -0.505 e. The van der Waals surface area contributed by atoms with Gasteiger partial charge in [0, 0.05) is 24.9 Å². The van der Waals surface area contributed by atoms with E-state index in [0.717, 1.165) is 22.7 Å². The maximum Gasteiger partial charge on any atom is 0.281 e. The topological polar surface area (TPSA) is 91.5 Å². The second-order valence-electron chi connectivity index (χ2n) is 9.27. The number of fused-ring (bicyclic) bond motifs is 1. The number of hydrogen-bond acceptors (Lipinski definition) is 8. The third-order valence-corrected chi connectivity index (χ3v) is 6.00. The number of nitrogens with one attached hydrogen (secondary N) is 2. The molecule has 3 N–H and O–H groups in total. The van der Waals surface area contributed by atoms with Crippen molar-refractivity contribution in [1.82, 2.24) is 14.5 Å². The van der Waals surface area contributed by atoms with Crippen LogP contribution in [0.5, 0.6) is 5.75 Å². The van der Waals surface area contributed by atoms with Gasteiger partial charge in [-0.15, -0.1) is 0 Å². The Bertz CT molecular complexity index is 1040. The SMILES string of the molecule is CSNc1ccc2c(c1)SNC(c1c(O)c(CC(C)(C)C)nn(CCC(C)C)c1=O)=N2. The van der Waals surface area contributed by atoms with Crippen molar-refractivity contribution in [3.05, 3.63) is 39.8 Å². The van der Waals surface area contributed by atoms with Crippen molar-refractivity contribution in [1.29, 1.82) is 0 Å². The summed E-state index contributed by atoms with van der Waals surface area (Å²) in [5.74, 6) is 0.715. The zero-order valence-electron chi connectivity index (χ0n) is 18.9. The number of aryl methyl sites for hydroxylation is 1. The average Bonchev–Trinajstić information content (AvgIpc) is 2.68. The molecule has 1 aliphatic rings. The number of anilines is 1. The van der Waals surface area contributed by atoms with Crippen molar-refractivity contribution in [3.63, 3.8) is 0 Å². The Morgan fingerprint density at radius 2 is 2.06 bits per heavy atom. The smallest absolute Gasteiger partial charge is 0.281 e. The third kappa shape index (κ3) is 5.77. The molecule has 0 amide bonds. The van der Waals surface area contributed by atoms with Crippen LogP contribution in [0.4, 0.5) is 11.4 Å². The molecular formula is C22H31N5O2S2. The molecular weight excluding hydrogens is 430 g/mol. The number of rotatable bonds is 7. The van der Waals surface area contributed by atoms with E-state index in [4.69, 9.17) is 0 Å². The Balaban J connectivity index is 2.09. The highest BCUT2D eigenvalue weighted by Gasteiger charge is 2.26. The fourth-order valence-corrected chi connectivity index (χ4v) is 4.32. The van der Waals surface area contributed by atoms with E-state index in [2.05, 4.69) is 54.2 Å². The van der Waals surface area contributed by atoms with E-state index in [-0.39, 0.29) is 22.3 Å². The maximum absolute atomic E-state index is 13.3. The molecule has 7 nitrogen and oxygen atoms in total. The number of nitrogens with zero attached hydrogens (tertiary/aromatic N) is 3. The van der Waals surface area contributed by atoms with E-state index >= 15 is 0 Å². The lowest BCUT2D eigenvalue weighted by Crippen LogP contribution is -2.35. The molecule has 0 atom stereocenters. The van der Waals surface area contributed by atoms with Gasteiger partial charge in [0.25, 0.3) is 5.56 Å². The molecule has 1 aromatic carbocycles. The molecule has 2 aromatic rings. The Hall–Kier alpha value is -2.13. The number of hydrogen-bond donors (Lipinski definition) is 3. The fraction of sp³-hybridized carbons (Fsp3) is 0.500. The second-order valence-corrected chi connectivity index (χ2v) is 10.7. The molecule has 2 heterocycles. The van der Waals surface area contributed by atoms with Crippen molar-refractivity contribution in [2.24, 2.45) is 16.3 Å². The lowest BCUT2D eigenvalue weighted by atomic mass is 9.90. The van der Waals surface area contributed by atoms with Crippen LogP contribution in [0.2, 0.25) is 0 Å². The van der Waals surface area contributed by atoms with Gasteiger partial charge in [-0.25, -0.2) is 9.67 Å². The molecule has 0 saturated heterocycles. The van der Waals surface area contributed by atoms with Crippen LogP contribution in [0.1, 0.15) is 52.3 Å². The van der Waals surface area contributed by atoms with Gasteiger partial charge >= 0.3 is 0 Å². The number of amidine groups is 1. The number of aliphatic imine (C=N–C) groups is 1. The predicted molar refractivity (Wildman–Crippen MR) is 132 cm³/mol. The van der Waals surface area contributed by atoms with Gasteiger partial charge in [0.15, 0.2) is 11.6 Å². The first kappa shape index (κ1) is 23.5. The molecule has 1 aliphatic heterocycles. The fourth-order valence-electron chi connectivity index (χ4n) is 3.20. The zero-order valence-corrected chi connectivity index (χ0v) is 20.6. The van der Waals surface area contributed by atoms with Crippen LogP contribution in [-0.2, 0) is 13.0 Å². The van der Waals surface area contributed by atoms with Gasteiger partial charge in [0.05, 0.1) is 10.6 Å². The Morgan fingerprint density at radius 1 is 1.32 bits per heavy atom. The van der Waals surface area contributed by atoms with Gasteiger partial charge < -0.3 is 14.6 Å². The van der Waals surface area contributed by atoms with Crippen LogP contribution in [-0.4, -0.2) is 27.0 Å². The minimum absolute atomic E-state index is 0.0864. The summed E-state index contributed by atoms with van der Waals surface area (Å²) in [5, 5.41) is 15.5. The van der Waals surface area contributed by atoms with Crippen LogP contribution in [0.3, 0.4) is 0 Å². The Kier molecular flexibility index (Phi) is 7.26. The van der Waals surface area contributed by atoms with Crippen molar-refractivity contribution < 1.29 is 5.11 Å². The molecule has 0 saturated carbocycles. The molecule has 3 rings (SSSR count). The van der Waals surface area contributed by atoms with Gasteiger partial charge in [-0.05, 0) is 47.9 Å². The average molecular weight is 462 g/mol. The van der Waals surface area contributed by atoms with Crippen LogP contribution < -0.4 is 15.0 Å². The minimum atomic E-state index is -0.327. The van der Waals surface area contributed by atoms with Crippen LogP contribution in [0, 0.1) is 11.3 Å². The van der Waals surface area contributed by atoms with E-state index in [0.29, 0.717) is 30.4 Å². The monoisotopic (exact) mass is 461 g/mol. The van der Waals surface area contributed by atoms with Crippen LogP contribution >= 0.6 is 23.9 Å². The summed E-state index contributed by atoms with van der Waals surface area (Å²) < 4.78 is 7.84. The molecule has 0 fully saturated rings. The van der Waals surface area contributed by atoms with E-state index in [1.54, 1.807) is 0 Å². The lowest BCUT2D eigenvalue weighted by molar-refractivity contribution is 0.371. The van der Waals surface area contributed by atoms with Gasteiger partial charge in [-0.2, -0.15) is 5.10 Å². The van der Waals surface area contributed by atoms with Crippen molar-refractivity contribution >= 4 is 41.1 Å². The summed E-state index contributed by atoms with van der Waals surface area (Å²) >= 11 is 2.90. The highest BCUT2D eigenvalue weighted by Crippen LogP contribution is 2.36. The predicted octanol–water partition coefficient (Wildman–Crippen LogP) is 4.96. The summed E-state index contributed by atoms with van der Waals surface area (Å²) in [6.45, 7) is 11.0. The maximum atomic E-state index is 13.3. The normalized spacial score (nSPS) is 13.6. The van der Waals surface area contributed by atoms with E-state index in [1.807, 2.05) is 24.5 Å². The zero-order chi connectivity index (χ0) is 22.8. The Labute approximate surface area is 192 Å². The van der Waals surface area contributed by atoms with Crippen molar-refractivity contribution in [2.75, 3.05) is 11.0 Å². The molecule has 1 aromatic heterocycles. The second kappa shape index (κ2) is 9.56. The first-order valence-corrected chi connectivity index (χ1v) is 12.4. The van der Waals surface area contributed by atoms with Gasteiger partial charge in [0.2, 0.25) is 0 Å². The molecule has 0 unspecified atom stereocenters. The first-order chi connectivity index (χ1) is 14.6. The van der Waals surface area contributed by atoms with Crippen molar-refractivity contribution in [2.45, 2.75) is 58.9 Å². The quantitative estimate of drug-likeness (QED) is 0.502. The third-order valence-electron chi connectivity index (χ3n) is 4.72.